The Kier molecular flexibility index (Phi) is 5.35. The molecule has 0 saturated heterocycles. The van der Waals surface area contributed by atoms with Crippen LogP contribution in [0.3, 0.4) is 0 Å². The molecule has 3 aromatic carbocycles. The van der Waals surface area contributed by atoms with Crippen LogP contribution in [0, 0.1) is 10.1 Å². The van der Waals surface area contributed by atoms with E-state index in [4.69, 9.17) is 16.6 Å². The number of aryl methyl sites for hydroxylation is 1. The average Bonchev–Trinajstić information content (AvgIpc) is 3.18. The second-order valence-corrected chi connectivity index (χ2v) is 10.1. The second-order valence-electron chi connectivity index (χ2n) is 8.64. The molecule has 7 nitrogen and oxygen atoms in total. The van der Waals surface area contributed by atoms with Crippen LogP contribution in [0.1, 0.15) is 34.7 Å². The predicted octanol–water partition coefficient (Wildman–Crippen LogP) is 4.59. The lowest BCUT2D eigenvalue weighted by Crippen LogP contribution is -2.38. The largest absolute Gasteiger partial charge is 0.502 e. The van der Waals surface area contributed by atoms with Crippen LogP contribution < -0.4 is 14.9 Å². The zero-order valence-electron chi connectivity index (χ0n) is 18.7. The molecule has 178 valence electrons. The smallest absolute Gasteiger partial charge is 0.311 e. The lowest BCUT2D eigenvalue weighted by atomic mass is 9.83. The van der Waals surface area contributed by atoms with Gasteiger partial charge in [0.15, 0.2) is 10.6 Å². The summed E-state index contributed by atoms with van der Waals surface area (Å²) in [5.41, 5.74) is 4.79. The summed E-state index contributed by atoms with van der Waals surface area (Å²) in [6, 6.07) is 19.3. The highest BCUT2D eigenvalue weighted by Gasteiger charge is 2.33. The minimum absolute atomic E-state index is 0.246. The van der Waals surface area contributed by atoms with Crippen molar-refractivity contribution in [2.75, 3.05) is 0 Å². The summed E-state index contributed by atoms with van der Waals surface area (Å²) in [6.45, 7) is 0. The maximum absolute atomic E-state index is 13.8. The summed E-state index contributed by atoms with van der Waals surface area (Å²) in [5, 5.41) is 21.6. The van der Waals surface area contributed by atoms with Crippen molar-refractivity contribution in [3.8, 4) is 5.75 Å². The first-order valence-electron chi connectivity index (χ1n) is 11.3. The molecule has 0 saturated carbocycles. The molecule has 1 aliphatic heterocycles. The third kappa shape index (κ3) is 3.57. The van der Waals surface area contributed by atoms with E-state index < -0.39 is 22.4 Å². The number of phenols is 1. The molecule has 0 amide bonds. The van der Waals surface area contributed by atoms with Gasteiger partial charge in [0.1, 0.15) is 0 Å². The SMILES string of the molecule is O=c1/c(=C\c2ccc(O)c([N+](=O)[O-])c2)sc2n1C(c1ccccc1Cl)C1=C(N=2)c2ccccc2CC1. The predicted molar refractivity (Wildman–Crippen MR) is 139 cm³/mol. The molecule has 1 unspecified atom stereocenters. The minimum Gasteiger partial charge on any atom is -0.502 e. The van der Waals surface area contributed by atoms with Crippen molar-refractivity contribution in [3.63, 3.8) is 0 Å². The van der Waals surface area contributed by atoms with Crippen LogP contribution >= 0.6 is 22.9 Å². The number of rotatable bonds is 3. The molecule has 2 heterocycles. The summed E-state index contributed by atoms with van der Waals surface area (Å²) in [7, 11) is 0. The number of hydrogen-bond donors (Lipinski definition) is 1. The van der Waals surface area contributed by atoms with E-state index in [2.05, 4.69) is 12.1 Å². The van der Waals surface area contributed by atoms with Gasteiger partial charge in [-0.05, 0) is 53.3 Å². The van der Waals surface area contributed by atoms with Gasteiger partial charge >= 0.3 is 5.69 Å². The number of aromatic nitrogens is 1. The van der Waals surface area contributed by atoms with E-state index in [9.17, 15) is 20.0 Å². The van der Waals surface area contributed by atoms with Gasteiger partial charge in [0.2, 0.25) is 0 Å². The Morgan fingerprint density at radius 3 is 2.69 bits per heavy atom. The van der Waals surface area contributed by atoms with Crippen LogP contribution in [0.2, 0.25) is 5.02 Å². The van der Waals surface area contributed by atoms with E-state index >= 15 is 0 Å². The Morgan fingerprint density at radius 1 is 1.11 bits per heavy atom. The number of thiazole rings is 1. The highest BCUT2D eigenvalue weighted by molar-refractivity contribution is 7.07. The summed E-state index contributed by atoms with van der Waals surface area (Å²) in [4.78, 5) is 29.8. The molecule has 1 aromatic heterocycles. The normalized spacial score (nSPS) is 16.7. The van der Waals surface area contributed by atoms with E-state index in [-0.39, 0.29) is 5.56 Å². The molecular weight excluding hydrogens is 498 g/mol. The van der Waals surface area contributed by atoms with Gasteiger partial charge in [-0.2, -0.15) is 0 Å². The third-order valence-electron chi connectivity index (χ3n) is 6.57. The van der Waals surface area contributed by atoms with Crippen LogP contribution in [0.25, 0.3) is 11.8 Å². The Balaban J connectivity index is 1.62. The first-order valence-corrected chi connectivity index (χ1v) is 12.5. The zero-order valence-corrected chi connectivity index (χ0v) is 20.3. The molecule has 0 bridgehead atoms. The van der Waals surface area contributed by atoms with Crippen LogP contribution in [0.15, 0.2) is 82.1 Å². The molecule has 36 heavy (non-hydrogen) atoms. The minimum atomic E-state index is -0.656. The van der Waals surface area contributed by atoms with Crippen LogP contribution in [0.5, 0.6) is 5.75 Å². The molecular formula is C27H18ClN3O4S. The van der Waals surface area contributed by atoms with E-state index in [1.807, 2.05) is 36.4 Å². The Hall–Kier alpha value is -4.01. The highest BCUT2D eigenvalue weighted by atomic mass is 35.5. The van der Waals surface area contributed by atoms with Gasteiger partial charge in [-0.15, -0.1) is 0 Å². The topological polar surface area (TPSA) is 97.7 Å². The zero-order chi connectivity index (χ0) is 25.0. The van der Waals surface area contributed by atoms with Crippen molar-refractivity contribution in [1.82, 2.24) is 4.57 Å². The molecule has 1 N–H and O–H groups in total. The molecule has 4 aromatic rings. The fourth-order valence-electron chi connectivity index (χ4n) is 4.92. The molecule has 0 fully saturated rings. The number of fused-ring (bicyclic) bond motifs is 3. The molecule has 9 heteroatoms. The molecule has 0 spiro atoms. The fourth-order valence-corrected chi connectivity index (χ4v) is 6.16. The number of phenolic OH excluding ortho intramolecular Hbond substituents is 1. The number of halogens is 1. The Labute approximate surface area is 213 Å². The first kappa shape index (κ1) is 22.5. The monoisotopic (exact) mass is 515 g/mol. The summed E-state index contributed by atoms with van der Waals surface area (Å²) in [6.07, 6.45) is 3.18. The number of nitro benzene ring substituents is 1. The van der Waals surface area contributed by atoms with Crippen molar-refractivity contribution in [2.24, 2.45) is 4.99 Å². The van der Waals surface area contributed by atoms with Crippen LogP contribution in [-0.2, 0) is 6.42 Å². The number of benzene rings is 3. The molecule has 6 rings (SSSR count). The quantitative estimate of drug-likeness (QED) is 0.319. The van der Waals surface area contributed by atoms with E-state index in [0.717, 1.165) is 35.2 Å². The van der Waals surface area contributed by atoms with Gasteiger partial charge in [0, 0.05) is 16.7 Å². The number of nitrogens with zero attached hydrogens (tertiary/aromatic N) is 3. The molecule has 1 atom stereocenters. The molecule has 1 aliphatic carbocycles. The Morgan fingerprint density at radius 2 is 1.89 bits per heavy atom. The summed E-state index contributed by atoms with van der Waals surface area (Å²) < 4.78 is 2.07. The van der Waals surface area contributed by atoms with Gasteiger partial charge < -0.3 is 5.11 Å². The third-order valence-corrected chi connectivity index (χ3v) is 7.89. The lowest BCUT2D eigenvalue weighted by Gasteiger charge is -2.31. The number of allylic oxidation sites excluding steroid dienone is 1. The van der Waals surface area contributed by atoms with E-state index in [1.165, 1.54) is 35.1 Å². The fraction of sp³-hybridized carbons (Fsp3) is 0.111. The van der Waals surface area contributed by atoms with E-state index in [0.29, 0.717) is 19.9 Å². The molecule has 0 radical (unpaired) electrons. The van der Waals surface area contributed by atoms with Crippen LogP contribution in [-0.4, -0.2) is 14.6 Å². The highest BCUT2D eigenvalue weighted by Crippen LogP contribution is 2.42. The maximum atomic E-state index is 13.8. The average molecular weight is 516 g/mol. The van der Waals surface area contributed by atoms with Crippen molar-refractivity contribution in [2.45, 2.75) is 18.9 Å². The number of aromatic hydroxyl groups is 1. The first-order chi connectivity index (χ1) is 17.4. The number of nitro groups is 1. The van der Waals surface area contributed by atoms with E-state index in [1.54, 1.807) is 10.6 Å². The van der Waals surface area contributed by atoms with Gasteiger partial charge in [-0.1, -0.05) is 71.5 Å². The standard InChI is InChI=1S/C27H18ClN3O4S/c28-20-8-4-3-7-18(20)25-19-11-10-16-5-1-2-6-17(16)24(19)29-27-30(25)26(33)23(36-27)14-15-9-12-22(32)21(13-15)31(34)35/h1-9,12-14,25,32H,10-11H2/b23-14+. The van der Waals surface area contributed by atoms with Gasteiger partial charge in [-0.3, -0.25) is 19.5 Å². The van der Waals surface area contributed by atoms with Crippen molar-refractivity contribution in [1.29, 1.82) is 0 Å². The van der Waals surface area contributed by atoms with Crippen LogP contribution in [0.4, 0.5) is 5.69 Å². The summed E-state index contributed by atoms with van der Waals surface area (Å²) in [5.74, 6) is -0.427. The number of hydrogen-bond acceptors (Lipinski definition) is 6. The van der Waals surface area contributed by atoms with Crippen molar-refractivity contribution < 1.29 is 10.0 Å². The van der Waals surface area contributed by atoms with Gasteiger partial charge in [0.05, 0.1) is 21.2 Å². The van der Waals surface area contributed by atoms with Gasteiger partial charge in [-0.25, -0.2) is 4.99 Å². The summed E-state index contributed by atoms with van der Waals surface area (Å²) >= 11 is 7.87. The van der Waals surface area contributed by atoms with Crippen molar-refractivity contribution in [3.05, 3.63) is 129 Å². The molecule has 2 aliphatic rings. The second kappa shape index (κ2) is 8.58. The van der Waals surface area contributed by atoms with Crippen molar-refractivity contribution >= 4 is 40.4 Å². The van der Waals surface area contributed by atoms with Gasteiger partial charge in [0.25, 0.3) is 5.56 Å². The lowest BCUT2D eigenvalue weighted by molar-refractivity contribution is -0.385. The maximum Gasteiger partial charge on any atom is 0.311 e. The Bertz CT molecular complexity index is 1790.